The first-order valence-corrected chi connectivity index (χ1v) is 3.87. The molecule has 1 nitrogen and oxygen atoms in total. The van der Waals surface area contributed by atoms with Crippen molar-refractivity contribution in [3.8, 4) is 0 Å². The van der Waals surface area contributed by atoms with Crippen LogP contribution in [-0.2, 0) is 6.42 Å². The van der Waals surface area contributed by atoms with Crippen LogP contribution in [0.4, 0.5) is 18.9 Å². The molecule has 0 heterocycles. The number of halogens is 4. The third-order valence-electron chi connectivity index (χ3n) is 1.46. The molecule has 0 atom stereocenters. The van der Waals surface area contributed by atoms with E-state index in [1.54, 1.807) is 0 Å². The lowest BCUT2D eigenvalue weighted by Gasteiger charge is -2.07. The predicted octanol–water partition coefficient (Wildman–Crippen LogP) is 3.03. The van der Waals surface area contributed by atoms with Gasteiger partial charge in [0.25, 0.3) is 0 Å². The zero-order valence-corrected chi connectivity index (χ0v) is 7.28. The Labute approximate surface area is 78.3 Å². The summed E-state index contributed by atoms with van der Waals surface area (Å²) in [5, 5.41) is 0.269. The Hall–Kier alpha value is -0.900. The molecular formula is C8H7ClF3N. The van der Waals surface area contributed by atoms with Crippen LogP contribution in [-0.4, -0.2) is 6.18 Å². The third kappa shape index (κ3) is 3.14. The molecule has 0 fully saturated rings. The second kappa shape index (κ2) is 3.46. The molecule has 0 saturated carbocycles. The first-order valence-electron chi connectivity index (χ1n) is 3.49. The second-order valence-electron chi connectivity index (χ2n) is 2.65. The van der Waals surface area contributed by atoms with Gasteiger partial charge >= 0.3 is 6.18 Å². The molecule has 13 heavy (non-hydrogen) atoms. The van der Waals surface area contributed by atoms with Crippen molar-refractivity contribution in [2.75, 3.05) is 5.73 Å². The summed E-state index contributed by atoms with van der Waals surface area (Å²) in [4.78, 5) is 0. The highest BCUT2D eigenvalue weighted by Gasteiger charge is 2.27. The van der Waals surface area contributed by atoms with Crippen molar-refractivity contribution in [2.24, 2.45) is 0 Å². The minimum absolute atomic E-state index is 0.120. The molecule has 2 N–H and O–H groups in total. The summed E-state index contributed by atoms with van der Waals surface area (Å²) in [6.07, 6.45) is -5.19. The zero-order valence-electron chi connectivity index (χ0n) is 6.53. The van der Waals surface area contributed by atoms with Crippen molar-refractivity contribution in [2.45, 2.75) is 12.6 Å². The third-order valence-corrected chi connectivity index (χ3v) is 1.81. The molecule has 0 spiro atoms. The highest BCUT2D eigenvalue weighted by atomic mass is 35.5. The van der Waals surface area contributed by atoms with E-state index in [0.29, 0.717) is 0 Å². The Morgan fingerprint density at radius 1 is 1.31 bits per heavy atom. The smallest absolute Gasteiger partial charge is 0.393 e. The molecule has 0 bridgehead atoms. The van der Waals surface area contributed by atoms with Gasteiger partial charge in [0.2, 0.25) is 0 Å². The fourth-order valence-electron chi connectivity index (χ4n) is 0.935. The number of rotatable bonds is 1. The molecule has 1 aromatic carbocycles. The van der Waals surface area contributed by atoms with E-state index in [2.05, 4.69) is 0 Å². The molecule has 5 heteroatoms. The van der Waals surface area contributed by atoms with Crippen molar-refractivity contribution >= 4 is 17.3 Å². The van der Waals surface area contributed by atoms with E-state index in [0.717, 1.165) is 0 Å². The molecular weight excluding hydrogens is 203 g/mol. The van der Waals surface area contributed by atoms with E-state index in [4.69, 9.17) is 17.3 Å². The van der Waals surface area contributed by atoms with Gasteiger partial charge in [0.1, 0.15) is 0 Å². The summed E-state index contributed by atoms with van der Waals surface area (Å²) >= 11 is 5.55. The Morgan fingerprint density at radius 3 is 2.38 bits per heavy atom. The van der Waals surface area contributed by atoms with Gasteiger partial charge in [0.05, 0.1) is 17.1 Å². The molecule has 0 aliphatic rings. The monoisotopic (exact) mass is 209 g/mol. The predicted molar refractivity (Wildman–Crippen MR) is 45.6 cm³/mol. The van der Waals surface area contributed by atoms with Crippen LogP contribution < -0.4 is 5.73 Å². The van der Waals surface area contributed by atoms with Crippen LogP contribution in [0.25, 0.3) is 0 Å². The normalized spacial score (nSPS) is 11.7. The maximum atomic E-state index is 11.9. The van der Waals surface area contributed by atoms with E-state index in [1.807, 2.05) is 0 Å². The fourth-order valence-corrected chi connectivity index (χ4v) is 1.05. The lowest BCUT2D eigenvalue weighted by Crippen LogP contribution is -2.11. The molecule has 0 aliphatic carbocycles. The number of hydrogen-bond donors (Lipinski definition) is 1. The van der Waals surface area contributed by atoms with Gasteiger partial charge in [-0.25, -0.2) is 0 Å². The fraction of sp³-hybridized carbons (Fsp3) is 0.250. The van der Waals surface area contributed by atoms with Crippen LogP contribution in [0.1, 0.15) is 5.56 Å². The summed E-state index contributed by atoms with van der Waals surface area (Å²) in [5.74, 6) is 0. The van der Waals surface area contributed by atoms with Gasteiger partial charge in [-0.05, 0) is 17.7 Å². The molecule has 0 saturated heterocycles. The van der Waals surface area contributed by atoms with Gasteiger partial charge in [0, 0.05) is 0 Å². The largest absolute Gasteiger partial charge is 0.398 e. The van der Waals surface area contributed by atoms with Crippen LogP contribution >= 0.6 is 11.6 Å². The van der Waals surface area contributed by atoms with Crippen molar-refractivity contribution in [1.82, 2.24) is 0 Å². The first-order chi connectivity index (χ1) is 5.88. The Kier molecular flexibility index (Phi) is 2.71. The lowest BCUT2D eigenvalue weighted by molar-refractivity contribution is -0.127. The Morgan fingerprint density at radius 2 is 1.92 bits per heavy atom. The number of benzene rings is 1. The molecule has 1 aromatic rings. The highest BCUT2D eigenvalue weighted by Crippen LogP contribution is 2.25. The van der Waals surface area contributed by atoms with Gasteiger partial charge in [-0.1, -0.05) is 17.7 Å². The quantitative estimate of drug-likeness (QED) is 0.707. The molecule has 0 amide bonds. The number of hydrogen-bond acceptors (Lipinski definition) is 1. The summed E-state index contributed by atoms with van der Waals surface area (Å²) in [7, 11) is 0. The molecule has 0 aliphatic heterocycles. The maximum Gasteiger partial charge on any atom is 0.393 e. The lowest BCUT2D eigenvalue weighted by atomic mass is 10.1. The van der Waals surface area contributed by atoms with Crippen molar-refractivity contribution in [3.63, 3.8) is 0 Å². The summed E-state index contributed by atoms with van der Waals surface area (Å²) in [6, 6.07) is 3.90. The topological polar surface area (TPSA) is 26.0 Å². The van der Waals surface area contributed by atoms with Gasteiger partial charge in [0.15, 0.2) is 0 Å². The van der Waals surface area contributed by atoms with Crippen molar-refractivity contribution < 1.29 is 13.2 Å². The summed E-state index contributed by atoms with van der Waals surface area (Å²) in [6.45, 7) is 0. The highest BCUT2D eigenvalue weighted by molar-refractivity contribution is 6.33. The molecule has 0 radical (unpaired) electrons. The van der Waals surface area contributed by atoms with E-state index in [-0.39, 0.29) is 16.3 Å². The average molecular weight is 210 g/mol. The number of nitrogen functional groups attached to an aromatic ring is 1. The van der Waals surface area contributed by atoms with Crippen molar-refractivity contribution in [1.29, 1.82) is 0 Å². The maximum absolute atomic E-state index is 11.9. The number of nitrogens with two attached hydrogens (primary N) is 1. The number of alkyl halides is 3. The summed E-state index contributed by atoms with van der Waals surface area (Å²) < 4.78 is 35.7. The Balaban J connectivity index is 2.86. The zero-order chi connectivity index (χ0) is 10.1. The van der Waals surface area contributed by atoms with Crippen LogP contribution in [0.3, 0.4) is 0 Å². The minimum atomic E-state index is -4.21. The van der Waals surface area contributed by atoms with Gasteiger partial charge < -0.3 is 5.73 Å². The first kappa shape index (κ1) is 10.2. The van der Waals surface area contributed by atoms with Crippen LogP contribution in [0, 0.1) is 0 Å². The van der Waals surface area contributed by atoms with Crippen LogP contribution in [0.5, 0.6) is 0 Å². The van der Waals surface area contributed by atoms with Crippen LogP contribution in [0.15, 0.2) is 18.2 Å². The van der Waals surface area contributed by atoms with E-state index < -0.39 is 12.6 Å². The Bertz CT molecular complexity index is 309. The molecule has 0 unspecified atom stereocenters. The minimum Gasteiger partial charge on any atom is -0.398 e. The van der Waals surface area contributed by atoms with E-state index in [1.165, 1.54) is 18.2 Å². The standard InChI is InChI=1S/C8H7ClF3N/c9-6-2-1-5(3-7(6)13)4-8(10,11)12/h1-3H,4,13H2. The van der Waals surface area contributed by atoms with Crippen molar-refractivity contribution in [3.05, 3.63) is 28.8 Å². The number of anilines is 1. The average Bonchev–Trinajstić information content (AvgIpc) is 1.94. The van der Waals surface area contributed by atoms with Gasteiger partial charge in [-0.2, -0.15) is 13.2 Å². The molecule has 0 aromatic heterocycles. The van der Waals surface area contributed by atoms with E-state index in [9.17, 15) is 13.2 Å². The van der Waals surface area contributed by atoms with Crippen LogP contribution in [0.2, 0.25) is 5.02 Å². The van der Waals surface area contributed by atoms with Gasteiger partial charge in [-0.3, -0.25) is 0 Å². The molecule has 1 rings (SSSR count). The second-order valence-corrected chi connectivity index (χ2v) is 3.06. The summed E-state index contributed by atoms with van der Waals surface area (Å²) in [5.41, 5.74) is 5.63. The van der Waals surface area contributed by atoms with Gasteiger partial charge in [-0.15, -0.1) is 0 Å². The SMILES string of the molecule is Nc1cc(CC(F)(F)F)ccc1Cl. The molecule has 72 valence electrons. The van der Waals surface area contributed by atoms with E-state index >= 15 is 0 Å².